The molecule has 1 aliphatic heterocycles. The number of fused-ring (bicyclic) bond motifs is 1. The largest absolute Gasteiger partial charge is 0.444 e. The average molecular weight is 900 g/mol. The quantitative estimate of drug-likeness (QED) is 0.0968. The molecule has 356 valence electrons. The van der Waals surface area contributed by atoms with Crippen molar-refractivity contribution in [3.63, 3.8) is 0 Å². The van der Waals surface area contributed by atoms with E-state index in [0.717, 1.165) is 18.6 Å². The standard InChI is InChI=1S/C43H68F3N7O10/c1-41(2,3)52-31-8-10-36(53-14-11-34(39(53)55)51-38-32-27-30(43(44,45)46)7-9-33(32)48-29-49-38)35(28-31)50-37(54)12-15-57-17-19-59-21-23-61-25-26-62-24-22-60-20-18-58-16-13-47-40(56)63-42(4,5)6/h7,9,27,29,31,34-36,52H,8,10-26,28H2,1-6H3,(H,47,56)(H,50,54)(H,48,49,51)/t31-,34+,35-,36+/m1/s1. The number of ether oxygens (including phenoxy) is 7. The first-order valence-electron chi connectivity index (χ1n) is 21.8. The van der Waals surface area contributed by atoms with Crippen molar-refractivity contribution in [1.29, 1.82) is 0 Å². The molecule has 0 bridgehead atoms. The lowest BCUT2D eigenvalue weighted by Gasteiger charge is -2.43. The molecular formula is C43H68F3N7O10. The number of nitrogens with one attached hydrogen (secondary N) is 4. The van der Waals surface area contributed by atoms with Crippen molar-refractivity contribution in [2.24, 2.45) is 0 Å². The molecule has 20 heteroatoms. The van der Waals surface area contributed by atoms with E-state index < -0.39 is 29.5 Å². The highest BCUT2D eigenvalue weighted by molar-refractivity contribution is 5.93. The number of hydrogen-bond acceptors (Lipinski definition) is 14. The fourth-order valence-corrected chi connectivity index (χ4v) is 7.29. The predicted octanol–water partition coefficient (Wildman–Crippen LogP) is 4.47. The Kier molecular flexibility index (Phi) is 21.0. The molecule has 0 unspecified atom stereocenters. The van der Waals surface area contributed by atoms with Crippen molar-refractivity contribution >= 4 is 34.6 Å². The van der Waals surface area contributed by atoms with Crippen LogP contribution in [0.5, 0.6) is 0 Å². The zero-order valence-electron chi connectivity index (χ0n) is 37.6. The number of carbonyl (C=O) groups is 3. The van der Waals surface area contributed by atoms with Crippen molar-refractivity contribution in [1.82, 2.24) is 30.8 Å². The third-order valence-corrected chi connectivity index (χ3v) is 9.96. The summed E-state index contributed by atoms with van der Waals surface area (Å²) >= 11 is 0. The molecule has 1 saturated carbocycles. The van der Waals surface area contributed by atoms with Gasteiger partial charge in [0.2, 0.25) is 11.8 Å². The molecule has 4 atom stereocenters. The van der Waals surface area contributed by atoms with Gasteiger partial charge in [-0.15, -0.1) is 0 Å². The molecule has 0 radical (unpaired) electrons. The van der Waals surface area contributed by atoms with Gasteiger partial charge in [0.1, 0.15) is 23.8 Å². The molecule has 2 aliphatic rings. The van der Waals surface area contributed by atoms with Gasteiger partial charge < -0.3 is 59.3 Å². The molecule has 4 rings (SSSR count). The fourth-order valence-electron chi connectivity index (χ4n) is 7.29. The molecule has 1 saturated heterocycles. The fraction of sp³-hybridized carbons (Fsp3) is 0.744. The minimum Gasteiger partial charge on any atom is -0.444 e. The van der Waals surface area contributed by atoms with E-state index >= 15 is 0 Å². The maximum atomic E-state index is 13.9. The summed E-state index contributed by atoms with van der Waals surface area (Å²) in [6.07, 6.45) is -1.10. The molecule has 1 aromatic carbocycles. The van der Waals surface area contributed by atoms with Gasteiger partial charge in [-0.05, 0) is 85.4 Å². The number of aromatic nitrogens is 2. The van der Waals surface area contributed by atoms with Crippen LogP contribution in [-0.4, -0.2) is 160 Å². The van der Waals surface area contributed by atoms with Crippen LogP contribution in [-0.2, 0) is 48.9 Å². The summed E-state index contributed by atoms with van der Waals surface area (Å²) < 4.78 is 78.8. The second-order valence-corrected chi connectivity index (χ2v) is 17.5. The van der Waals surface area contributed by atoms with E-state index in [9.17, 15) is 27.6 Å². The van der Waals surface area contributed by atoms with Crippen molar-refractivity contribution in [2.75, 3.05) is 97.7 Å². The van der Waals surface area contributed by atoms with Crippen LogP contribution in [0, 0.1) is 0 Å². The minimum absolute atomic E-state index is 0.129. The predicted molar refractivity (Wildman–Crippen MR) is 228 cm³/mol. The summed E-state index contributed by atoms with van der Waals surface area (Å²) in [4.78, 5) is 48.7. The van der Waals surface area contributed by atoms with Crippen LogP contribution in [0.2, 0.25) is 0 Å². The Bertz CT molecular complexity index is 1710. The van der Waals surface area contributed by atoms with E-state index in [2.05, 4.69) is 52.0 Å². The number of hydrogen-bond donors (Lipinski definition) is 4. The number of amides is 3. The van der Waals surface area contributed by atoms with Crippen LogP contribution in [0.25, 0.3) is 10.9 Å². The Hall–Kier alpha value is -3.92. The molecule has 2 heterocycles. The summed E-state index contributed by atoms with van der Waals surface area (Å²) in [7, 11) is 0. The highest BCUT2D eigenvalue weighted by Gasteiger charge is 2.43. The van der Waals surface area contributed by atoms with Crippen LogP contribution >= 0.6 is 0 Å². The van der Waals surface area contributed by atoms with Gasteiger partial charge in [-0.2, -0.15) is 13.2 Å². The van der Waals surface area contributed by atoms with Crippen molar-refractivity contribution in [3.05, 3.63) is 30.1 Å². The number of benzene rings is 1. The zero-order valence-corrected chi connectivity index (χ0v) is 37.6. The minimum atomic E-state index is -4.54. The van der Waals surface area contributed by atoms with E-state index in [4.69, 9.17) is 33.2 Å². The Labute approximate surface area is 368 Å². The van der Waals surface area contributed by atoms with Gasteiger partial charge >= 0.3 is 12.3 Å². The molecular weight excluding hydrogens is 832 g/mol. The number of carbonyl (C=O) groups excluding carboxylic acids is 3. The van der Waals surface area contributed by atoms with Gasteiger partial charge in [0.05, 0.1) is 102 Å². The van der Waals surface area contributed by atoms with Gasteiger partial charge in [-0.25, -0.2) is 14.8 Å². The summed E-state index contributed by atoms with van der Waals surface area (Å²) in [6, 6.07) is 2.12. The van der Waals surface area contributed by atoms with Gasteiger partial charge in [-0.3, -0.25) is 9.59 Å². The number of rotatable bonds is 26. The average Bonchev–Trinajstić information content (AvgIpc) is 3.55. The Morgan fingerprint density at radius 1 is 0.778 bits per heavy atom. The molecule has 1 aliphatic carbocycles. The Morgan fingerprint density at radius 2 is 1.37 bits per heavy atom. The maximum Gasteiger partial charge on any atom is 0.416 e. The normalized spacial score (nSPS) is 19.7. The zero-order chi connectivity index (χ0) is 45.9. The van der Waals surface area contributed by atoms with Crippen LogP contribution in [0.15, 0.2) is 24.5 Å². The van der Waals surface area contributed by atoms with E-state index in [1.54, 1.807) is 25.7 Å². The third kappa shape index (κ3) is 19.4. The monoisotopic (exact) mass is 899 g/mol. The van der Waals surface area contributed by atoms with Gasteiger partial charge in [0.15, 0.2) is 0 Å². The topological polar surface area (TPSA) is 193 Å². The van der Waals surface area contributed by atoms with Crippen LogP contribution in [0.4, 0.5) is 23.8 Å². The number of anilines is 1. The molecule has 0 spiro atoms. The van der Waals surface area contributed by atoms with Crippen LogP contribution in [0.1, 0.15) is 79.2 Å². The van der Waals surface area contributed by atoms with Crippen molar-refractivity contribution in [3.8, 4) is 0 Å². The SMILES string of the molecule is CC(C)(C)N[C@@H]1CC[C@H](N2CC[C@H](Nc3ncnc4ccc(C(F)(F)F)cc34)C2=O)[C@H](NC(=O)CCOCCOCCOCCOCCOCCOCCNC(=O)OC(C)(C)C)C1. The van der Waals surface area contributed by atoms with Gasteiger partial charge in [0.25, 0.3) is 0 Å². The van der Waals surface area contributed by atoms with Crippen LogP contribution in [0.3, 0.4) is 0 Å². The third-order valence-electron chi connectivity index (χ3n) is 9.96. The molecule has 17 nitrogen and oxygen atoms in total. The summed E-state index contributed by atoms with van der Waals surface area (Å²) in [5.74, 6) is -0.210. The Balaban J connectivity index is 1.07. The first-order chi connectivity index (χ1) is 29.9. The van der Waals surface area contributed by atoms with Crippen molar-refractivity contribution in [2.45, 2.75) is 115 Å². The van der Waals surface area contributed by atoms with Gasteiger partial charge in [-0.1, -0.05) is 0 Å². The summed E-state index contributed by atoms with van der Waals surface area (Å²) in [5, 5.41) is 12.7. The van der Waals surface area contributed by atoms with Gasteiger partial charge in [0, 0.05) is 36.5 Å². The molecule has 1 aromatic heterocycles. The molecule has 63 heavy (non-hydrogen) atoms. The number of halogens is 3. The first-order valence-corrected chi connectivity index (χ1v) is 21.8. The summed E-state index contributed by atoms with van der Waals surface area (Å²) in [5.41, 5.74) is -1.18. The van der Waals surface area contributed by atoms with E-state index in [1.165, 1.54) is 12.4 Å². The summed E-state index contributed by atoms with van der Waals surface area (Å²) in [6.45, 7) is 16.9. The Morgan fingerprint density at radius 3 is 1.94 bits per heavy atom. The highest BCUT2D eigenvalue weighted by Crippen LogP contribution is 2.34. The molecule has 2 aromatic rings. The first kappa shape index (κ1) is 51.7. The second-order valence-electron chi connectivity index (χ2n) is 17.5. The van der Waals surface area contributed by atoms with E-state index in [0.29, 0.717) is 111 Å². The molecule has 2 fully saturated rings. The number of alkyl carbamates (subject to hydrolysis) is 1. The molecule has 3 amide bonds. The maximum absolute atomic E-state index is 13.9. The van der Waals surface area contributed by atoms with Crippen LogP contribution < -0.4 is 21.3 Å². The molecule has 4 N–H and O–H groups in total. The number of likely N-dealkylation sites (tertiary alicyclic amines) is 1. The second kappa shape index (κ2) is 25.5. The van der Waals surface area contributed by atoms with Crippen molar-refractivity contribution < 1.29 is 60.7 Å². The van der Waals surface area contributed by atoms with E-state index in [-0.39, 0.29) is 59.7 Å². The lowest BCUT2D eigenvalue weighted by atomic mass is 9.84. The highest BCUT2D eigenvalue weighted by atomic mass is 19.4. The van der Waals surface area contributed by atoms with E-state index in [1.807, 2.05) is 0 Å². The number of alkyl halides is 3. The number of nitrogens with zero attached hydrogens (tertiary/aromatic N) is 3. The lowest BCUT2D eigenvalue weighted by Crippen LogP contribution is -2.59. The smallest absolute Gasteiger partial charge is 0.416 e. The lowest BCUT2D eigenvalue weighted by molar-refractivity contribution is -0.137.